The number of allylic oxidation sites excluding steroid dienone is 1. The first-order valence-electron chi connectivity index (χ1n) is 10.3. The van der Waals surface area contributed by atoms with Gasteiger partial charge in [0.1, 0.15) is 6.04 Å². The van der Waals surface area contributed by atoms with Crippen molar-refractivity contribution in [1.29, 1.82) is 5.41 Å². The van der Waals surface area contributed by atoms with Crippen LogP contribution in [0.15, 0.2) is 11.6 Å². The van der Waals surface area contributed by atoms with Crippen molar-refractivity contribution in [1.82, 2.24) is 21.4 Å². The zero-order valence-electron chi connectivity index (χ0n) is 18.6. The van der Waals surface area contributed by atoms with Crippen LogP contribution in [0.2, 0.25) is 0 Å². The molecule has 176 valence electrons. The topological polar surface area (TPSA) is 190 Å². The summed E-state index contributed by atoms with van der Waals surface area (Å²) < 4.78 is 0. The Labute approximate surface area is 183 Å². The van der Waals surface area contributed by atoms with Crippen molar-refractivity contribution in [2.24, 2.45) is 5.92 Å². The number of rotatable bonds is 14. The molecule has 0 radical (unpaired) electrons. The van der Waals surface area contributed by atoms with Gasteiger partial charge in [-0.2, -0.15) is 0 Å². The maximum absolute atomic E-state index is 12.8. The molecule has 0 aliphatic rings. The lowest BCUT2D eigenvalue weighted by molar-refractivity contribution is -0.525. The molecular weight excluding hydrogens is 407 g/mol. The summed E-state index contributed by atoms with van der Waals surface area (Å²) in [7, 11) is -1.75. The normalized spacial score (nSPS) is 13.2. The summed E-state index contributed by atoms with van der Waals surface area (Å²) in [6.45, 7) is 7.53. The van der Waals surface area contributed by atoms with Gasteiger partial charge < -0.3 is 26.0 Å². The Balaban J connectivity index is 5.10. The van der Waals surface area contributed by atoms with Gasteiger partial charge in [0, 0.05) is 12.1 Å². The van der Waals surface area contributed by atoms with Crippen molar-refractivity contribution >= 4 is 24.9 Å². The van der Waals surface area contributed by atoms with Gasteiger partial charge in [0.15, 0.2) is 5.03 Å². The van der Waals surface area contributed by atoms with E-state index in [1.807, 2.05) is 20.8 Å². The molecule has 0 heterocycles. The highest BCUT2D eigenvalue weighted by Crippen LogP contribution is 2.08. The van der Waals surface area contributed by atoms with Gasteiger partial charge in [0.25, 0.3) is 5.96 Å². The van der Waals surface area contributed by atoms with Gasteiger partial charge >= 0.3 is 7.12 Å². The number of hydrogen-bond acceptors (Lipinski definition) is 7. The standard InChI is InChI=1S/C18H35BN6O6/c1-5-6-8-13(4)16(26)22-14(9-7-10-21-18(20)24-25(30)31)17(27)23-15(19(28)29)11-12(2)3/h8,12,14-15,28-29H,5-7,9-11H2,1-4H3,(H,22,26)(H,23,27)(H3,20,21,24)/b13-8+/t14-,15-/m0/s1. The van der Waals surface area contributed by atoms with Gasteiger partial charge in [-0.25, -0.2) is 10.1 Å². The smallest absolute Gasteiger partial charge is 0.426 e. The molecule has 2 atom stereocenters. The number of nitrogens with zero attached hydrogens (tertiary/aromatic N) is 1. The second-order valence-corrected chi connectivity index (χ2v) is 7.67. The largest absolute Gasteiger partial charge is 0.475 e. The van der Waals surface area contributed by atoms with Crippen molar-refractivity contribution in [2.75, 3.05) is 6.54 Å². The lowest BCUT2D eigenvalue weighted by atomic mass is 9.75. The van der Waals surface area contributed by atoms with Gasteiger partial charge in [-0.15, -0.1) is 0 Å². The lowest BCUT2D eigenvalue weighted by Crippen LogP contribution is -2.54. The summed E-state index contributed by atoms with van der Waals surface area (Å²) in [6, 6.07) is -0.953. The van der Waals surface area contributed by atoms with E-state index in [2.05, 4.69) is 16.0 Å². The number of hydrazine groups is 1. The summed E-state index contributed by atoms with van der Waals surface area (Å²) in [5, 5.41) is 43.6. The minimum absolute atomic E-state index is 0.101. The third kappa shape index (κ3) is 13.3. The SMILES string of the molecule is CCC/C=C(\C)C(=O)N[C@@H](CCCNC(=N)N[N+](=O)[O-])C(=O)N[C@@H](CC(C)C)B(O)O. The van der Waals surface area contributed by atoms with Crippen molar-refractivity contribution in [3.05, 3.63) is 21.8 Å². The number of unbranched alkanes of at least 4 members (excludes halogenated alkanes) is 1. The van der Waals surface area contributed by atoms with Gasteiger partial charge in [-0.3, -0.25) is 15.0 Å². The van der Waals surface area contributed by atoms with Crippen LogP contribution in [0.3, 0.4) is 0 Å². The van der Waals surface area contributed by atoms with E-state index >= 15 is 0 Å². The Hall–Kier alpha value is -2.67. The van der Waals surface area contributed by atoms with Crippen LogP contribution in [0.5, 0.6) is 0 Å². The lowest BCUT2D eigenvalue weighted by Gasteiger charge is -2.24. The molecule has 0 rings (SSSR count). The van der Waals surface area contributed by atoms with Gasteiger partial charge in [0.05, 0.1) is 5.94 Å². The van der Waals surface area contributed by atoms with Gasteiger partial charge in [0.2, 0.25) is 11.8 Å². The van der Waals surface area contributed by atoms with E-state index < -0.39 is 41.9 Å². The highest BCUT2D eigenvalue weighted by molar-refractivity contribution is 6.43. The fourth-order valence-electron chi connectivity index (χ4n) is 2.69. The molecule has 0 fully saturated rings. The molecule has 0 aromatic heterocycles. The molecule has 0 aliphatic carbocycles. The van der Waals surface area contributed by atoms with Crippen LogP contribution in [0.25, 0.3) is 0 Å². The molecule has 0 saturated heterocycles. The molecule has 7 N–H and O–H groups in total. The van der Waals surface area contributed by atoms with Crippen LogP contribution < -0.4 is 21.4 Å². The molecular formula is C18H35BN6O6. The summed E-state index contributed by atoms with van der Waals surface area (Å²) in [6.07, 6.45) is 4.19. The monoisotopic (exact) mass is 442 g/mol. The molecule has 0 aliphatic heterocycles. The molecule has 12 nitrogen and oxygen atoms in total. The fraction of sp³-hybridized carbons (Fsp3) is 0.722. The summed E-state index contributed by atoms with van der Waals surface area (Å²) in [5.41, 5.74) is 2.13. The number of carbonyl (C=O) groups excluding carboxylic acids is 2. The minimum atomic E-state index is -1.75. The molecule has 2 amide bonds. The zero-order valence-corrected chi connectivity index (χ0v) is 18.6. The van der Waals surface area contributed by atoms with E-state index in [0.717, 1.165) is 12.8 Å². The molecule has 0 aromatic carbocycles. The van der Waals surface area contributed by atoms with E-state index in [1.54, 1.807) is 18.4 Å². The molecule has 31 heavy (non-hydrogen) atoms. The highest BCUT2D eigenvalue weighted by Gasteiger charge is 2.29. The first-order chi connectivity index (χ1) is 14.5. The number of nitrogens with one attached hydrogen (secondary N) is 5. The first-order valence-corrected chi connectivity index (χ1v) is 10.3. The highest BCUT2D eigenvalue weighted by atomic mass is 16.7. The Kier molecular flexibility index (Phi) is 13.9. The van der Waals surface area contributed by atoms with E-state index in [0.29, 0.717) is 18.4 Å². The van der Waals surface area contributed by atoms with Crippen LogP contribution in [0.1, 0.15) is 59.8 Å². The van der Waals surface area contributed by atoms with Crippen molar-refractivity contribution < 1.29 is 24.7 Å². The number of guanidine groups is 1. The van der Waals surface area contributed by atoms with E-state index in [4.69, 9.17) is 5.41 Å². The Bertz CT molecular complexity index is 643. The predicted molar refractivity (Wildman–Crippen MR) is 117 cm³/mol. The number of hydrogen-bond donors (Lipinski definition) is 7. The first kappa shape index (κ1) is 28.3. The maximum atomic E-state index is 12.8. The maximum Gasteiger partial charge on any atom is 0.475 e. The number of amides is 2. The molecule has 0 unspecified atom stereocenters. The molecule has 0 aromatic rings. The van der Waals surface area contributed by atoms with Crippen LogP contribution in [0, 0.1) is 21.4 Å². The Morgan fingerprint density at radius 1 is 1.26 bits per heavy atom. The minimum Gasteiger partial charge on any atom is -0.426 e. The molecule has 0 spiro atoms. The average molecular weight is 442 g/mol. The fourth-order valence-corrected chi connectivity index (χ4v) is 2.69. The summed E-state index contributed by atoms with van der Waals surface area (Å²) in [4.78, 5) is 35.5. The van der Waals surface area contributed by atoms with Crippen molar-refractivity contribution in [3.63, 3.8) is 0 Å². The van der Waals surface area contributed by atoms with E-state index in [9.17, 15) is 29.8 Å². The van der Waals surface area contributed by atoms with Gasteiger partial charge in [-0.05, 0) is 38.5 Å². The third-order valence-corrected chi connectivity index (χ3v) is 4.31. The van der Waals surface area contributed by atoms with Crippen LogP contribution in [0.4, 0.5) is 0 Å². The second-order valence-electron chi connectivity index (χ2n) is 7.67. The Morgan fingerprint density at radius 3 is 2.42 bits per heavy atom. The van der Waals surface area contributed by atoms with Crippen LogP contribution in [-0.2, 0) is 9.59 Å². The third-order valence-electron chi connectivity index (χ3n) is 4.31. The molecule has 0 saturated carbocycles. The second kappa shape index (κ2) is 15.2. The molecule has 0 bridgehead atoms. The Morgan fingerprint density at radius 2 is 1.90 bits per heavy atom. The summed E-state index contributed by atoms with van der Waals surface area (Å²) in [5.74, 6) is -2.25. The number of nitro groups is 1. The quantitative estimate of drug-likeness (QED) is 0.0367. The van der Waals surface area contributed by atoms with Crippen molar-refractivity contribution in [3.8, 4) is 0 Å². The summed E-state index contributed by atoms with van der Waals surface area (Å²) >= 11 is 0. The van der Waals surface area contributed by atoms with E-state index in [-0.39, 0.29) is 18.9 Å². The van der Waals surface area contributed by atoms with Crippen molar-refractivity contribution in [2.45, 2.75) is 71.8 Å². The van der Waals surface area contributed by atoms with E-state index in [1.165, 1.54) is 0 Å². The van der Waals surface area contributed by atoms with Crippen LogP contribution in [-0.4, -0.2) is 58.5 Å². The molecule has 13 heteroatoms. The number of carbonyl (C=O) groups is 2. The van der Waals surface area contributed by atoms with Crippen LogP contribution >= 0.6 is 0 Å². The predicted octanol–water partition coefficient (Wildman–Crippen LogP) is -0.154. The zero-order chi connectivity index (χ0) is 24.0. The average Bonchev–Trinajstić information content (AvgIpc) is 2.66. The van der Waals surface area contributed by atoms with Gasteiger partial charge in [-0.1, -0.05) is 38.7 Å².